The van der Waals surface area contributed by atoms with Gasteiger partial charge in [-0.25, -0.2) is 13.1 Å². The molecule has 0 radical (unpaired) electrons. The molecule has 2 aromatic rings. The lowest BCUT2D eigenvalue weighted by atomic mass is 10.1. The first-order valence-electron chi connectivity index (χ1n) is 8.72. The van der Waals surface area contributed by atoms with Crippen LogP contribution in [0.15, 0.2) is 59.5 Å². The van der Waals surface area contributed by atoms with Crippen LogP contribution in [0.2, 0.25) is 0 Å². The molecule has 0 fully saturated rings. The van der Waals surface area contributed by atoms with Crippen LogP contribution >= 0.6 is 0 Å². The third kappa shape index (κ3) is 7.03. The number of nitrogens with one attached hydrogen (secondary N) is 2. The maximum atomic E-state index is 12.7. The van der Waals surface area contributed by atoms with E-state index in [4.69, 9.17) is 0 Å². The van der Waals surface area contributed by atoms with Crippen molar-refractivity contribution in [1.82, 2.24) is 10.0 Å². The van der Waals surface area contributed by atoms with Crippen molar-refractivity contribution in [3.63, 3.8) is 0 Å². The molecule has 5 nitrogen and oxygen atoms in total. The van der Waals surface area contributed by atoms with Crippen LogP contribution in [0, 0.1) is 0 Å². The molecular formula is C20H21F3N2O3S. The van der Waals surface area contributed by atoms with Crippen molar-refractivity contribution in [3.05, 3.63) is 71.3 Å². The minimum absolute atomic E-state index is 0.0663. The van der Waals surface area contributed by atoms with E-state index in [2.05, 4.69) is 10.0 Å². The molecule has 2 aromatic carbocycles. The molecule has 1 amide bonds. The standard InChI is InChI=1S/C20H21F3N2O3S/c1-14(2)25-29(27,28)18-8-4-6-16(12-18)13-24-19(26)10-9-15-5-3-7-17(11-15)20(21,22)23/h3-12,14,25H,13H2,1-2H3,(H,24,26)/b10-9+. The maximum Gasteiger partial charge on any atom is 0.416 e. The van der Waals surface area contributed by atoms with E-state index in [1.807, 2.05) is 0 Å². The predicted molar refractivity (Wildman–Crippen MR) is 104 cm³/mol. The molecule has 0 saturated heterocycles. The molecule has 0 aliphatic rings. The van der Waals surface area contributed by atoms with Gasteiger partial charge in [0, 0.05) is 18.7 Å². The van der Waals surface area contributed by atoms with E-state index in [0.29, 0.717) is 5.56 Å². The third-order valence-corrected chi connectivity index (χ3v) is 5.36. The number of rotatable bonds is 7. The Morgan fingerprint density at radius 1 is 1.10 bits per heavy atom. The van der Waals surface area contributed by atoms with E-state index in [-0.39, 0.29) is 23.0 Å². The van der Waals surface area contributed by atoms with Crippen LogP contribution in [0.3, 0.4) is 0 Å². The number of hydrogen-bond donors (Lipinski definition) is 2. The zero-order chi connectivity index (χ0) is 21.7. The van der Waals surface area contributed by atoms with Gasteiger partial charge in [0.05, 0.1) is 10.5 Å². The minimum atomic E-state index is -4.46. The molecule has 0 aliphatic carbocycles. The normalized spacial score (nSPS) is 12.5. The number of hydrogen-bond acceptors (Lipinski definition) is 3. The van der Waals surface area contributed by atoms with Crippen LogP contribution in [-0.2, 0) is 27.5 Å². The summed E-state index contributed by atoms with van der Waals surface area (Å²) in [4.78, 5) is 12.0. The highest BCUT2D eigenvalue weighted by Crippen LogP contribution is 2.29. The third-order valence-electron chi connectivity index (χ3n) is 3.71. The van der Waals surface area contributed by atoms with Gasteiger partial charge in [-0.05, 0) is 55.3 Å². The van der Waals surface area contributed by atoms with E-state index in [0.717, 1.165) is 18.2 Å². The van der Waals surface area contributed by atoms with Gasteiger partial charge in [0.25, 0.3) is 0 Å². The smallest absolute Gasteiger partial charge is 0.348 e. The molecule has 0 saturated carbocycles. The summed E-state index contributed by atoms with van der Waals surface area (Å²) in [5.74, 6) is -0.518. The summed E-state index contributed by atoms with van der Waals surface area (Å²) >= 11 is 0. The van der Waals surface area contributed by atoms with Gasteiger partial charge in [0.1, 0.15) is 0 Å². The molecule has 0 aromatic heterocycles. The second-order valence-electron chi connectivity index (χ2n) is 6.60. The Balaban J connectivity index is 2.01. The van der Waals surface area contributed by atoms with E-state index < -0.39 is 27.7 Å². The van der Waals surface area contributed by atoms with Crippen molar-refractivity contribution in [2.75, 3.05) is 0 Å². The van der Waals surface area contributed by atoms with E-state index in [9.17, 15) is 26.4 Å². The van der Waals surface area contributed by atoms with E-state index in [1.165, 1.54) is 30.3 Å². The molecular weight excluding hydrogens is 405 g/mol. The van der Waals surface area contributed by atoms with Gasteiger partial charge in [-0.15, -0.1) is 0 Å². The lowest BCUT2D eigenvalue weighted by Gasteiger charge is -2.11. The van der Waals surface area contributed by atoms with Gasteiger partial charge < -0.3 is 5.32 Å². The molecule has 0 aliphatic heterocycles. The fourth-order valence-electron chi connectivity index (χ4n) is 2.44. The molecule has 0 spiro atoms. The number of halogens is 3. The first-order chi connectivity index (χ1) is 13.5. The predicted octanol–water partition coefficient (Wildman–Crippen LogP) is 3.72. The fraction of sp³-hybridized carbons (Fsp3) is 0.250. The molecule has 2 rings (SSSR count). The lowest BCUT2D eigenvalue weighted by molar-refractivity contribution is -0.137. The molecule has 9 heteroatoms. The van der Waals surface area contributed by atoms with Gasteiger partial charge in [0.2, 0.25) is 15.9 Å². The average Bonchev–Trinajstić information content (AvgIpc) is 2.63. The number of alkyl halides is 3. The van der Waals surface area contributed by atoms with Crippen LogP contribution in [0.25, 0.3) is 6.08 Å². The molecule has 29 heavy (non-hydrogen) atoms. The summed E-state index contributed by atoms with van der Waals surface area (Å²) in [6, 6.07) is 10.5. The van der Waals surface area contributed by atoms with Crippen molar-refractivity contribution < 1.29 is 26.4 Å². The Hall–Kier alpha value is -2.65. The van der Waals surface area contributed by atoms with E-state index in [1.54, 1.807) is 26.0 Å². The largest absolute Gasteiger partial charge is 0.416 e. The summed E-state index contributed by atoms with van der Waals surface area (Å²) in [5, 5.41) is 2.57. The van der Waals surface area contributed by atoms with Crippen LogP contribution in [0.4, 0.5) is 13.2 Å². The lowest BCUT2D eigenvalue weighted by Crippen LogP contribution is -2.30. The van der Waals surface area contributed by atoms with Gasteiger partial charge in [-0.1, -0.05) is 24.3 Å². The van der Waals surface area contributed by atoms with Crippen molar-refractivity contribution in [2.24, 2.45) is 0 Å². The fourth-order valence-corrected chi connectivity index (χ4v) is 3.76. The zero-order valence-electron chi connectivity index (χ0n) is 15.8. The van der Waals surface area contributed by atoms with Gasteiger partial charge in [-0.2, -0.15) is 13.2 Å². The van der Waals surface area contributed by atoms with Crippen LogP contribution < -0.4 is 10.0 Å². The highest BCUT2D eigenvalue weighted by Gasteiger charge is 2.30. The summed E-state index contributed by atoms with van der Waals surface area (Å²) in [7, 11) is -3.65. The van der Waals surface area contributed by atoms with Crippen molar-refractivity contribution in [3.8, 4) is 0 Å². The Morgan fingerprint density at radius 2 is 1.79 bits per heavy atom. The monoisotopic (exact) mass is 426 g/mol. The molecule has 0 bridgehead atoms. The number of benzene rings is 2. The first kappa shape index (κ1) is 22.6. The quantitative estimate of drug-likeness (QED) is 0.663. The molecule has 156 valence electrons. The van der Waals surface area contributed by atoms with Crippen molar-refractivity contribution in [2.45, 2.75) is 37.5 Å². The Kier molecular flexibility index (Phi) is 7.21. The second kappa shape index (κ2) is 9.23. The van der Waals surface area contributed by atoms with Gasteiger partial charge in [0.15, 0.2) is 0 Å². The molecule has 0 heterocycles. The molecule has 2 N–H and O–H groups in total. The minimum Gasteiger partial charge on any atom is -0.348 e. The van der Waals surface area contributed by atoms with Crippen LogP contribution in [0.5, 0.6) is 0 Å². The summed E-state index contributed by atoms with van der Waals surface area (Å²) in [6.45, 7) is 3.48. The second-order valence-corrected chi connectivity index (χ2v) is 8.31. The van der Waals surface area contributed by atoms with Crippen molar-refractivity contribution in [1.29, 1.82) is 0 Å². The summed E-state index contributed by atoms with van der Waals surface area (Å²) < 4.78 is 65.0. The highest BCUT2D eigenvalue weighted by atomic mass is 32.2. The van der Waals surface area contributed by atoms with Gasteiger partial charge >= 0.3 is 6.18 Å². The van der Waals surface area contributed by atoms with Crippen LogP contribution in [-0.4, -0.2) is 20.4 Å². The number of carbonyl (C=O) groups excluding carboxylic acids is 1. The number of carbonyl (C=O) groups is 1. The number of amides is 1. The number of sulfonamides is 1. The van der Waals surface area contributed by atoms with E-state index >= 15 is 0 Å². The Morgan fingerprint density at radius 3 is 2.45 bits per heavy atom. The average molecular weight is 426 g/mol. The van der Waals surface area contributed by atoms with Crippen LogP contribution in [0.1, 0.15) is 30.5 Å². The Bertz CT molecular complexity index is 1000. The maximum absolute atomic E-state index is 12.7. The zero-order valence-corrected chi connectivity index (χ0v) is 16.6. The summed E-state index contributed by atoms with van der Waals surface area (Å²) in [5.41, 5.74) is 0.00775. The first-order valence-corrected chi connectivity index (χ1v) is 10.2. The summed E-state index contributed by atoms with van der Waals surface area (Å²) in [6.07, 6.45) is -2.06. The SMILES string of the molecule is CC(C)NS(=O)(=O)c1cccc(CNC(=O)/C=C/c2cccc(C(F)(F)F)c2)c1. The molecule has 0 unspecified atom stereocenters. The van der Waals surface area contributed by atoms with Crippen molar-refractivity contribution >= 4 is 22.0 Å². The molecule has 0 atom stereocenters. The topological polar surface area (TPSA) is 75.3 Å². The highest BCUT2D eigenvalue weighted by molar-refractivity contribution is 7.89. The Labute approximate surface area is 167 Å². The van der Waals surface area contributed by atoms with Gasteiger partial charge in [-0.3, -0.25) is 4.79 Å².